The molecule has 0 aliphatic heterocycles. The summed E-state index contributed by atoms with van der Waals surface area (Å²) in [4.78, 5) is 0. The molecular formula is C10H15B. The van der Waals surface area contributed by atoms with Gasteiger partial charge in [0.05, 0.1) is 0 Å². The van der Waals surface area contributed by atoms with Crippen LogP contribution in [-0.4, -0.2) is 7.28 Å². The van der Waals surface area contributed by atoms with Gasteiger partial charge in [-0.3, -0.25) is 0 Å². The Balaban J connectivity index is 4.20. The smallest absolute Gasteiger partial charge is 0.107 e. The van der Waals surface area contributed by atoms with Gasteiger partial charge in [0.25, 0.3) is 0 Å². The Morgan fingerprint density at radius 2 is 2.00 bits per heavy atom. The van der Waals surface area contributed by atoms with E-state index in [4.69, 9.17) is 0 Å². The van der Waals surface area contributed by atoms with Crippen molar-refractivity contribution in [2.75, 3.05) is 0 Å². The number of hydrogen-bond acceptors (Lipinski definition) is 0. The molecule has 1 heteroatoms. The Morgan fingerprint density at radius 3 is 2.36 bits per heavy atom. The Hall–Kier alpha value is -0.975. The van der Waals surface area contributed by atoms with Gasteiger partial charge in [-0.15, -0.1) is 5.47 Å². The van der Waals surface area contributed by atoms with Crippen LogP contribution in [0.3, 0.4) is 0 Å². The lowest BCUT2D eigenvalue weighted by Gasteiger charge is -1.97. The molecule has 0 amide bonds. The monoisotopic (exact) mass is 146 g/mol. The third kappa shape index (κ3) is 4.43. The summed E-state index contributed by atoms with van der Waals surface area (Å²) in [5.74, 6) is 0. The molecule has 0 bridgehead atoms. The van der Waals surface area contributed by atoms with Gasteiger partial charge in [-0.2, -0.15) is 0 Å². The minimum absolute atomic E-state index is 0.978. The van der Waals surface area contributed by atoms with E-state index < -0.39 is 0 Å². The van der Waals surface area contributed by atoms with E-state index >= 15 is 0 Å². The lowest BCUT2D eigenvalue weighted by Crippen LogP contribution is -1.94. The van der Waals surface area contributed by atoms with Gasteiger partial charge in [0.15, 0.2) is 7.28 Å². The standard InChI is InChI=1S/C10H15B/c1-5-8-10(7-3)11-9(4)6-2/h5-8,11H,1,3H2,2,4H3/b9-6+,10-8+. The molecule has 0 aromatic heterocycles. The topological polar surface area (TPSA) is 0 Å². The zero-order chi connectivity index (χ0) is 8.69. The van der Waals surface area contributed by atoms with E-state index in [9.17, 15) is 0 Å². The molecule has 11 heavy (non-hydrogen) atoms. The lowest BCUT2D eigenvalue weighted by molar-refractivity contribution is 1.57. The SMILES string of the molecule is C=C/C=C(/B/C(C)=C/C)C=C. The van der Waals surface area contributed by atoms with Gasteiger partial charge in [0.2, 0.25) is 0 Å². The zero-order valence-corrected chi connectivity index (χ0v) is 7.43. The van der Waals surface area contributed by atoms with Gasteiger partial charge < -0.3 is 0 Å². The molecule has 58 valence electrons. The van der Waals surface area contributed by atoms with Crippen molar-refractivity contribution < 1.29 is 0 Å². The van der Waals surface area contributed by atoms with Gasteiger partial charge in [0, 0.05) is 0 Å². The van der Waals surface area contributed by atoms with E-state index in [1.807, 2.05) is 19.1 Å². The fourth-order valence-electron chi connectivity index (χ4n) is 0.775. The van der Waals surface area contributed by atoms with Crippen LogP contribution in [-0.2, 0) is 0 Å². The molecular weight excluding hydrogens is 131 g/mol. The first kappa shape index (κ1) is 10.0. The fourth-order valence-corrected chi connectivity index (χ4v) is 0.775. The maximum atomic E-state index is 3.72. The molecule has 0 radical (unpaired) electrons. The van der Waals surface area contributed by atoms with Crippen LogP contribution in [0.15, 0.2) is 48.4 Å². The van der Waals surface area contributed by atoms with Crippen LogP contribution in [0.2, 0.25) is 0 Å². The van der Waals surface area contributed by atoms with E-state index in [1.165, 1.54) is 10.9 Å². The first-order valence-corrected chi connectivity index (χ1v) is 3.80. The molecule has 0 saturated heterocycles. The summed E-state index contributed by atoms with van der Waals surface area (Å²) >= 11 is 0. The highest BCUT2D eigenvalue weighted by atomic mass is 13.8. The average molecular weight is 146 g/mol. The van der Waals surface area contributed by atoms with Crippen molar-refractivity contribution in [2.45, 2.75) is 13.8 Å². The molecule has 0 saturated carbocycles. The summed E-state index contributed by atoms with van der Waals surface area (Å²) in [5.41, 5.74) is 2.58. The van der Waals surface area contributed by atoms with Crippen LogP contribution in [0, 0.1) is 0 Å². The van der Waals surface area contributed by atoms with Crippen molar-refractivity contribution in [3.8, 4) is 0 Å². The third-order valence-electron chi connectivity index (χ3n) is 1.57. The number of allylic oxidation sites excluding steroid dienone is 6. The van der Waals surface area contributed by atoms with E-state index in [0.29, 0.717) is 0 Å². The molecule has 0 heterocycles. The Labute approximate surface area is 70.3 Å². The maximum Gasteiger partial charge on any atom is 0.186 e. The summed E-state index contributed by atoms with van der Waals surface area (Å²) in [7, 11) is 0.978. The lowest BCUT2D eigenvalue weighted by atomic mass is 9.63. The van der Waals surface area contributed by atoms with Crippen molar-refractivity contribution >= 4 is 7.28 Å². The molecule has 0 aromatic rings. The minimum atomic E-state index is 0.978. The highest BCUT2D eigenvalue weighted by molar-refractivity contribution is 6.54. The molecule has 0 spiro atoms. The van der Waals surface area contributed by atoms with Crippen molar-refractivity contribution in [3.05, 3.63) is 48.4 Å². The van der Waals surface area contributed by atoms with Crippen LogP contribution >= 0.6 is 0 Å². The second-order valence-corrected chi connectivity index (χ2v) is 2.49. The van der Waals surface area contributed by atoms with Gasteiger partial charge in [-0.05, 0) is 6.92 Å². The van der Waals surface area contributed by atoms with Gasteiger partial charge >= 0.3 is 0 Å². The fraction of sp³-hybridized carbons (Fsp3) is 0.200. The second kappa shape index (κ2) is 5.78. The normalized spacial score (nSPS) is 12.5. The Morgan fingerprint density at radius 1 is 1.36 bits per heavy atom. The van der Waals surface area contributed by atoms with Crippen LogP contribution in [0.5, 0.6) is 0 Å². The second-order valence-electron chi connectivity index (χ2n) is 2.49. The van der Waals surface area contributed by atoms with Crippen molar-refractivity contribution in [1.29, 1.82) is 0 Å². The molecule has 0 aromatic carbocycles. The summed E-state index contributed by atoms with van der Waals surface area (Å²) in [6.07, 6.45) is 7.76. The summed E-state index contributed by atoms with van der Waals surface area (Å²) in [6, 6.07) is 0. The number of hydrogen-bond donors (Lipinski definition) is 0. The summed E-state index contributed by atoms with van der Waals surface area (Å²) < 4.78 is 0. The molecule has 0 aliphatic carbocycles. The van der Waals surface area contributed by atoms with Crippen molar-refractivity contribution in [3.63, 3.8) is 0 Å². The van der Waals surface area contributed by atoms with E-state index in [0.717, 1.165) is 7.28 Å². The van der Waals surface area contributed by atoms with Gasteiger partial charge in [-0.1, -0.05) is 49.9 Å². The predicted octanol–water partition coefficient (Wildman–Crippen LogP) is 2.60. The highest BCUT2D eigenvalue weighted by Gasteiger charge is 1.94. The van der Waals surface area contributed by atoms with Gasteiger partial charge in [-0.25, -0.2) is 0 Å². The minimum Gasteiger partial charge on any atom is -0.107 e. The Kier molecular flexibility index (Phi) is 5.27. The number of rotatable bonds is 4. The molecule has 0 N–H and O–H groups in total. The molecule has 0 fully saturated rings. The first-order chi connectivity index (χ1) is 5.24. The van der Waals surface area contributed by atoms with Crippen LogP contribution in [0.25, 0.3) is 0 Å². The quantitative estimate of drug-likeness (QED) is 0.422. The van der Waals surface area contributed by atoms with E-state index in [1.54, 1.807) is 6.08 Å². The maximum absolute atomic E-state index is 3.72. The molecule has 0 unspecified atom stereocenters. The van der Waals surface area contributed by atoms with Gasteiger partial charge in [0.1, 0.15) is 0 Å². The van der Waals surface area contributed by atoms with E-state index in [2.05, 4.69) is 26.2 Å². The van der Waals surface area contributed by atoms with Crippen LogP contribution < -0.4 is 0 Å². The average Bonchev–Trinajstić information content (AvgIpc) is 2.03. The first-order valence-electron chi connectivity index (χ1n) is 3.80. The predicted molar refractivity (Wildman–Crippen MR) is 55.1 cm³/mol. The largest absolute Gasteiger partial charge is 0.186 e. The zero-order valence-electron chi connectivity index (χ0n) is 7.43. The summed E-state index contributed by atoms with van der Waals surface area (Å²) in [6.45, 7) is 11.5. The molecule has 0 aliphatic rings. The van der Waals surface area contributed by atoms with E-state index in [-0.39, 0.29) is 0 Å². The van der Waals surface area contributed by atoms with Crippen molar-refractivity contribution in [2.24, 2.45) is 0 Å². The summed E-state index contributed by atoms with van der Waals surface area (Å²) in [5, 5.41) is 0. The van der Waals surface area contributed by atoms with Crippen molar-refractivity contribution in [1.82, 2.24) is 0 Å². The Bertz CT molecular complexity index is 197. The van der Waals surface area contributed by atoms with Crippen LogP contribution in [0.4, 0.5) is 0 Å². The highest BCUT2D eigenvalue weighted by Crippen LogP contribution is 2.00. The molecule has 0 rings (SSSR count). The molecule has 0 atom stereocenters. The third-order valence-corrected chi connectivity index (χ3v) is 1.57. The molecule has 0 nitrogen and oxygen atoms in total. The van der Waals surface area contributed by atoms with Crippen LogP contribution in [0.1, 0.15) is 13.8 Å².